The summed E-state index contributed by atoms with van der Waals surface area (Å²) >= 11 is 0. The van der Waals surface area contributed by atoms with Gasteiger partial charge in [0.2, 0.25) is 0 Å². The fourth-order valence-electron chi connectivity index (χ4n) is 1.49. The summed E-state index contributed by atoms with van der Waals surface area (Å²) in [6.07, 6.45) is 5.43. The van der Waals surface area contributed by atoms with Crippen molar-refractivity contribution in [2.75, 3.05) is 0 Å². The summed E-state index contributed by atoms with van der Waals surface area (Å²) < 4.78 is 0. The van der Waals surface area contributed by atoms with Crippen LogP contribution in [0, 0.1) is 0 Å². The van der Waals surface area contributed by atoms with Crippen LogP contribution in [0.5, 0.6) is 0 Å². The summed E-state index contributed by atoms with van der Waals surface area (Å²) in [4.78, 5) is 11.0. The lowest BCUT2D eigenvalue weighted by Gasteiger charge is -2.18. The predicted molar refractivity (Wildman–Crippen MR) is 46.5 cm³/mol. The number of unbranched alkanes of at least 4 members (excludes halogenated alkanes) is 2. The van der Waals surface area contributed by atoms with Crippen molar-refractivity contribution in [3.8, 4) is 0 Å². The molecule has 0 aromatic rings. The molecule has 0 radical (unpaired) electrons. The summed E-state index contributed by atoms with van der Waals surface area (Å²) in [5.41, 5.74) is 2.45. The number of Topliss-reactive ketones (excluding diaryl/α,β-unsaturated/α-hetero) is 1. The molecule has 1 aliphatic rings. The Labute approximate surface area is 68.5 Å². The third kappa shape index (κ3) is 1.92. The lowest BCUT2D eigenvalue weighted by atomic mass is 9.85. The highest BCUT2D eigenvalue weighted by molar-refractivity contribution is 6.04. The van der Waals surface area contributed by atoms with Gasteiger partial charge in [0.05, 0.1) is 0 Å². The van der Waals surface area contributed by atoms with Crippen LogP contribution in [0.15, 0.2) is 11.1 Å². The van der Waals surface area contributed by atoms with E-state index in [0.717, 1.165) is 18.4 Å². The molecule has 0 saturated heterocycles. The summed E-state index contributed by atoms with van der Waals surface area (Å²) in [6, 6.07) is 0. The zero-order valence-corrected chi connectivity index (χ0v) is 7.44. The van der Waals surface area contributed by atoms with Gasteiger partial charge in [-0.25, -0.2) is 0 Å². The van der Waals surface area contributed by atoms with Crippen molar-refractivity contribution in [2.24, 2.45) is 0 Å². The molecule has 0 aliphatic heterocycles. The number of hydrogen-bond acceptors (Lipinski definition) is 1. The van der Waals surface area contributed by atoms with E-state index >= 15 is 0 Å². The number of carbonyl (C=O) groups is 1. The zero-order valence-electron chi connectivity index (χ0n) is 7.44. The summed E-state index contributed by atoms with van der Waals surface area (Å²) in [6.45, 7) is 4.26. The second-order valence-electron chi connectivity index (χ2n) is 3.32. The highest BCUT2D eigenvalue weighted by Gasteiger charge is 2.21. The van der Waals surface area contributed by atoms with E-state index in [1.54, 1.807) is 0 Å². The van der Waals surface area contributed by atoms with Crippen LogP contribution in [0.4, 0.5) is 0 Å². The molecule has 0 spiro atoms. The molecule has 0 fully saturated rings. The van der Waals surface area contributed by atoms with Crippen LogP contribution >= 0.6 is 0 Å². The molecule has 0 amide bonds. The first-order valence-electron chi connectivity index (χ1n) is 4.47. The molecule has 0 aromatic heterocycles. The van der Waals surface area contributed by atoms with E-state index in [1.165, 1.54) is 24.8 Å². The normalized spacial score (nSPS) is 17.1. The largest absolute Gasteiger partial charge is 0.294 e. The molecule has 0 unspecified atom stereocenters. The number of ketones is 1. The van der Waals surface area contributed by atoms with Gasteiger partial charge in [-0.15, -0.1) is 0 Å². The van der Waals surface area contributed by atoms with Crippen molar-refractivity contribution in [2.45, 2.75) is 46.0 Å². The van der Waals surface area contributed by atoms with Crippen LogP contribution in [0.3, 0.4) is 0 Å². The zero-order chi connectivity index (χ0) is 8.27. The van der Waals surface area contributed by atoms with Crippen LogP contribution in [-0.4, -0.2) is 5.78 Å². The second-order valence-corrected chi connectivity index (χ2v) is 3.32. The quantitative estimate of drug-likeness (QED) is 0.566. The standard InChI is InChI=1S/C10H16O/c1-3-4-5-6-9-8(2)7-10(9)11/h3-7H2,1-2H3. The molecule has 1 heteroatoms. The van der Waals surface area contributed by atoms with E-state index < -0.39 is 0 Å². The van der Waals surface area contributed by atoms with E-state index in [-0.39, 0.29) is 0 Å². The fourth-order valence-corrected chi connectivity index (χ4v) is 1.49. The molecule has 0 aromatic carbocycles. The third-order valence-corrected chi connectivity index (χ3v) is 2.31. The average Bonchev–Trinajstić information content (AvgIpc) is 1.98. The third-order valence-electron chi connectivity index (χ3n) is 2.31. The van der Waals surface area contributed by atoms with Crippen LogP contribution < -0.4 is 0 Å². The lowest BCUT2D eigenvalue weighted by Crippen LogP contribution is -2.16. The molecule has 1 rings (SSSR count). The Morgan fingerprint density at radius 1 is 1.36 bits per heavy atom. The van der Waals surface area contributed by atoms with Gasteiger partial charge >= 0.3 is 0 Å². The molecule has 0 N–H and O–H groups in total. The van der Waals surface area contributed by atoms with E-state index in [2.05, 4.69) is 13.8 Å². The maximum absolute atomic E-state index is 11.0. The number of carbonyl (C=O) groups excluding carboxylic acids is 1. The fraction of sp³-hybridized carbons (Fsp3) is 0.700. The first kappa shape index (κ1) is 8.51. The molecule has 62 valence electrons. The monoisotopic (exact) mass is 152 g/mol. The van der Waals surface area contributed by atoms with Crippen LogP contribution in [0.25, 0.3) is 0 Å². The maximum atomic E-state index is 11.0. The molecule has 0 bridgehead atoms. The lowest BCUT2D eigenvalue weighted by molar-refractivity contribution is -0.116. The van der Waals surface area contributed by atoms with Crippen molar-refractivity contribution in [1.29, 1.82) is 0 Å². The van der Waals surface area contributed by atoms with Gasteiger partial charge < -0.3 is 0 Å². The van der Waals surface area contributed by atoms with E-state index in [1.807, 2.05) is 0 Å². The van der Waals surface area contributed by atoms with Gasteiger partial charge in [-0.1, -0.05) is 25.3 Å². The first-order chi connectivity index (χ1) is 5.25. The average molecular weight is 152 g/mol. The topological polar surface area (TPSA) is 17.1 Å². The Morgan fingerprint density at radius 2 is 2.09 bits per heavy atom. The predicted octanol–water partition coefficient (Wildman–Crippen LogP) is 2.86. The molecule has 1 nitrogen and oxygen atoms in total. The van der Waals surface area contributed by atoms with Gasteiger partial charge in [-0.3, -0.25) is 4.79 Å². The number of allylic oxidation sites excluding steroid dienone is 2. The Hall–Kier alpha value is -0.590. The molecule has 11 heavy (non-hydrogen) atoms. The summed E-state index contributed by atoms with van der Waals surface area (Å²) in [7, 11) is 0. The Kier molecular flexibility index (Phi) is 2.86. The van der Waals surface area contributed by atoms with Gasteiger partial charge in [0, 0.05) is 6.42 Å². The van der Waals surface area contributed by atoms with E-state index in [0.29, 0.717) is 5.78 Å². The van der Waals surface area contributed by atoms with Crippen LogP contribution in [-0.2, 0) is 4.79 Å². The van der Waals surface area contributed by atoms with Gasteiger partial charge in [0.15, 0.2) is 5.78 Å². The minimum Gasteiger partial charge on any atom is -0.294 e. The van der Waals surface area contributed by atoms with Gasteiger partial charge in [-0.2, -0.15) is 0 Å². The molecular formula is C10H16O. The minimum absolute atomic E-state index is 0.388. The van der Waals surface area contributed by atoms with E-state index in [4.69, 9.17) is 0 Å². The van der Waals surface area contributed by atoms with E-state index in [9.17, 15) is 4.79 Å². The highest BCUT2D eigenvalue weighted by atomic mass is 16.1. The molecular weight excluding hydrogens is 136 g/mol. The van der Waals surface area contributed by atoms with Gasteiger partial charge in [0.1, 0.15) is 0 Å². The number of rotatable bonds is 4. The Bertz CT molecular complexity index is 189. The van der Waals surface area contributed by atoms with Gasteiger partial charge in [0.25, 0.3) is 0 Å². The smallest absolute Gasteiger partial charge is 0.162 e. The number of hydrogen-bond donors (Lipinski definition) is 0. The molecule has 0 saturated carbocycles. The maximum Gasteiger partial charge on any atom is 0.162 e. The van der Waals surface area contributed by atoms with Crippen LogP contribution in [0.2, 0.25) is 0 Å². The SMILES string of the molecule is CCCCCC1=C(C)CC1=O. The first-order valence-corrected chi connectivity index (χ1v) is 4.47. The van der Waals surface area contributed by atoms with Crippen molar-refractivity contribution in [3.63, 3.8) is 0 Å². The van der Waals surface area contributed by atoms with Crippen molar-refractivity contribution < 1.29 is 4.79 Å². The Morgan fingerprint density at radius 3 is 2.55 bits per heavy atom. The highest BCUT2D eigenvalue weighted by Crippen LogP contribution is 2.27. The Balaban J connectivity index is 2.27. The van der Waals surface area contributed by atoms with Gasteiger partial charge in [-0.05, 0) is 25.3 Å². The second kappa shape index (κ2) is 3.70. The molecule has 1 aliphatic carbocycles. The molecule has 0 atom stereocenters. The summed E-state index contributed by atoms with van der Waals surface area (Å²) in [5.74, 6) is 0.388. The van der Waals surface area contributed by atoms with Crippen LogP contribution in [0.1, 0.15) is 46.0 Å². The van der Waals surface area contributed by atoms with Crippen molar-refractivity contribution >= 4 is 5.78 Å². The minimum atomic E-state index is 0.388. The molecule has 0 heterocycles. The summed E-state index contributed by atoms with van der Waals surface area (Å²) in [5, 5.41) is 0. The van der Waals surface area contributed by atoms with Crippen molar-refractivity contribution in [1.82, 2.24) is 0 Å². The van der Waals surface area contributed by atoms with Crippen molar-refractivity contribution in [3.05, 3.63) is 11.1 Å².